The average Bonchev–Trinajstić information content (AvgIpc) is 3.14. The summed E-state index contributed by atoms with van der Waals surface area (Å²) in [5.41, 5.74) is 14.4. The highest BCUT2D eigenvalue weighted by Crippen LogP contribution is 2.37. The van der Waals surface area contributed by atoms with E-state index in [0.29, 0.717) is 11.7 Å². The van der Waals surface area contributed by atoms with Crippen LogP contribution in [-0.2, 0) is 0 Å². The Balaban J connectivity index is 2.10. The summed E-state index contributed by atoms with van der Waals surface area (Å²) < 4.78 is 1.83. The Kier molecular flexibility index (Phi) is 3.09. The van der Waals surface area contributed by atoms with Gasteiger partial charge in [-0.25, -0.2) is 14.5 Å². The van der Waals surface area contributed by atoms with Gasteiger partial charge in [-0.2, -0.15) is 5.10 Å². The molecule has 0 radical (unpaired) electrons. The maximum atomic E-state index is 5.91. The highest BCUT2D eigenvalue weighted by molar-refractivity contribution is 5.90. The molecule has 4 aromatic heterocycles. The van der Waals surface area contributed by atoms with E-state index < -0.39 is 0 Å². The van der Waals surface area contributed by atoms with Crippen LogP contribution in [0.2, 0.25) is 0 Å². The number of anilines is 1. The number of fused-ring (bicyclic) bond motifs is 2. The maximum absolute atomic E-state index is 5.91. The Morgan fingerprint density at radius 1 is 1.17 bits per heavy atom. The molecular weight excluding hydrogens is 300 g/mol. The number of nitrogens with zero attached hydrogens (tertiary/aromatic N) is 4. The number of nitrogens with two attached hydrogens (primary N) is 1. The monoisotopic (exact) mass is 320 g/mol. The Morgan fingerprint density at radius 2 is 1.96 bits per heavy atom. The summed E-state index contributed by atoms with van der Waals surface area (Å²) in [5, 5.41) is 4.31. The lowest BCUT2D eigenvalue weighted by Crippen LogP contribution is -1.99. The van der Waals surface area contributed by atoms with Gasteiger partial charge in [0.2, 0.25) is 0 Å². The van der Waals surface area contributed by atoms with Crippen molar-refractivity contribution in [3.05, 3.63) is 41.3 Å². The van der Waals surface area contributed by atoms with Gasteiger partial charge in [0, 0.05) is 17.3 Å². The van der Waals surface area contributed by atoms with Crippen molar-refractivity contribution in [2.75, 3.05) is 5.73 Å². The van der Waals surface area contributed by atoms with Crippen LogP contribution in [-0.4, -0.2) is 24.6 Å². The summed E-state index contributed by atoms with van der Waals surface area (Å²) in [4.78, 5) is 12.4. The van der Waals surface area contributed by atoms with E-state index in [-0.39, 0.29) is 0 Å². The molecule has 4 aromatic rings. The Hall–Kier alpha value is -2.89. The molecule has 0 atom stereocenters. The minimum absolute atomic E-state index is 0.314. The lowest BCUT2D eigenvalue weighted by molar-refractivity contribution is 0.873. The normalized spacial score (nSPS) is 11.9. The quantitative estimate of drug-likeness (QED) is 0.591. The van der Waals surface area contributed by atoms with Crippen molar-refractivity contribution in [1.82, 2.24) is 24.6 Å². The molecule has 6 nitrogen and oxygen atoms in total. The third-order valence-corrected chi connectivity index (χ3v) is 4.67. The van der Waals surface area contributed by atoms with Crippen molar-refractivity contribution in [3.8, 4) is 11.3 Å². The fourth-order valence-corrected chi connectivity index (χ4v) is 3.33. The van der Waals surface area contributed by atoms with Gasteiger partial charge in [0.05, 0.1) is 16.7 Å². The first-order valence-corrected chi connectivity index (χ1v) is 8.05. The second-order valence-corrected chi connectivity index (χ2v) is 6.52. The molecule has 122 valence electrons. The number of nitrogen functional groups attached to an aromatic ring is 1. The molecule has 0 amide bonds. The number of nitrogens with one attached hydrogen (secondary N) is 1. The first kappa shape index (κ1) is 14.7. The van der Waals surface area contributed by atoms with Crippen LogP contribution in [0.5, 0.6) is 0 Å². The molecule has 0 aliphatic heterocycles. The van der Waals surface area contributed by atoms with Crippen molar-refractivity contribution < 1.29 is 0 Å². The van der Waals surface area contributed by atoms with Crippen LogP contribution < -0.4 is 5.73 Å². The topological polar surface area (TPSA) is 84.9 Å². The Bertz CT molecular complexity index is 1070. The summed E-state index contributed by atoms with van der Waals surface area (Å²) in [6.07, 6.45) is 3.62. The van der Waals surface area contributed by atoms with E-state index in [1.807, 2.05) is 22.8 Å². The minimum Gasteiger partial charge on any atom is -0.384 e. The molecule has 3 N–H and O–H groups in total. The summed E-state index contributed by atoms with van der Waals surface area (Å²) in [5.74, 6) is 0.851. The number of pyridine rings is 2. The number of rotatable bonds is 2. The summed E-state index contributed by atoms with van der Waals surface area (Å²) >= 11 is 0. The molecule has 0 unspecified atom stereocenters. The first-order chi connectivity index (χ1) is 11.5. The van der Waals surface area contributed by atoms with E-state index >= 15 is 0 Å². The number of hydrogen-bond donors (Lipinski definition) is 2. The summed E-state index contributed by atoms with van der Waals surface area (Å²) in [6.45, 7) is 8.55. The first-order valence-electron chi connectivity index (χ1n) is 8.05. The molecule has 0 aliphatic carbocycles. The largest absolute Gasteiger partial charge is 0.384 e. The second kappa shape index (κ2) is 5.06. The zero-order valence-corrected chi connectivity index (χ0v) is 14.3. The van der Waals surface area contributed by atoms with E-state index in [1.54, 1.807) is 6.33 Å². The van der Waals surface area contributed by atoms with E-state index in [4.69, 9.17) is 5.73 Å². The average molecular weight is 320 g/mol. The minimum atomic E-state index is 0.314. The van der Waals surface area contributed by atoms with Gasteiger partial charge in [0.15, 0.2) is 5.65 Å². The van der Waals surface area contributed by atoms with Crippen LogP contribution >= 0.6 is 0 Å². The number of H-pyrrole nitrogens is 1. The van der Waals surface area contributed by atoms with Gasteiger partial charge in [-0.1, -0.05) is 13.8 Å². The zero-order valence-electron chi connectivity index (χ0n) is 14.3. The summed E-state index contributed by atoms with van der Waals surface area (Å²) in [6, 6.07) is 3.81. The smallest absolute Gasteiger partial charge is 0.158 e. The van der Waals surface area contributed by atoms with Crippen LogP contribution in [0.15, 0.2) is 24.7 Å². The standard InChI is InChI=1S/C18H20N6/c1-9(2)15-16(22-13-5-6-14(19)23-17(13)15)12-7-24-18(20-8-21-24)11(4)10(12)3/h5-9,22H,1-4H3,(H2,19,23). The van der Waals surface area contributed by atoms with Crippen molar-refractivity contribution in [1.29, 1.82) is 0 Å². The van der Waals surface area contributed by atoms with Crippen LogP contribution in [0.25, 0.3) is 27.9 Å². The fourth-order valence-electron chi connectivity index (χ4n) is 3.33. The van der Waals surface area contributed by atoms with Crippen molar-refractivity contribution in [2.24, 2.45) is 0 Å². The third-order valence-electron chi connectivity index (χ3n) is 4.67. The lowest BCUT2D eigenvalue weighted by atomic mass is 9.95. The highest BCUT2D eigenvalue weighted by atomic mass is 15.3. The molecular formula is C18H20N6. The van der Waals surface area contributed by atoms with E-state index in [2.05, 4.69) is 47.7 Å². The molecule has 4 rings (SSSR count). The maximum Gasteiger partial charge on any atom is 0.158 e. The van der Waals surface area contributed by atoms with E-state index in [0.717, 1.165) is 33.5 Å². The Labute approximate surface area is 139 Å². The molecule has 0 spiro atoms. The van der Waals surface area contributed by atoms with Crippen molar-refractivity contribution >= 4 is 22.5 Å². The highest BCUT2D eigenvalue weighted by Gasteiger charge is 2.20. The summed E-state index contributed by atoms with van der Waals surface area (Å²) in [7, 11) is 0. The van der Waals surface area contributed by atoms with Crippen molar-refractivity contribution in [3.63, 3.8) is 0 Å². The van der Waals surface area contributed by atoms with Gasteiger partial charge < -0.3 is 10.7 Å². The molecule has 4 heterocycles. The fraction of sp³-hybridized carbons (Fsp3) is 0.278. The van der Waals surface area contributed by atoms with E-state index in [9.17, 15) is 0 Å². The second-order valence-electron chi connectivity index (χ2n) is 6.52. The van der Waals surface area contributed by atoms with Gasteiger partial charge >= 0.3 is 0 Å². The van der Waals surface area contributed by atoms with Gasteiger partial charge in [-0.05, 0) is 43.0 Å². The number of aromatic amines is 1. The third kappa shape index (κ3) is 1.99. The van der Waals surface area contributed by atoms with Crippen molar-refractivity contribution in [2.45, 2.75) is 33.6 Å². The van der Waals surface area contributed by atoms with Crippen LogP contribution in [0.1, 0.15) is 36.5 Å². The molecule has 0 aliphatic rings. The predicted molar refractivity (Wildman–Crippen MR) is 96.1 cm³/mol. The lowest BCUT2D eigenvalue weighted by Gasteiger charge is -2.13. The predicted octanol–water partition coefficient (Wildman–Crippen LogP) is 3.60. The number of aryl methyl sites for hydroxylation is 1. The molecule has 0 saturated heterocycles. The Morgan fingerprint density at radius 3 is 2.71 bits per heavy atom. The van der Waals surface area contributed by atoms with Gasteiger partial charge in [0.1, 0.15) is 12.1 Å². The van der Waals surface area contributed by atoms with Gasteiger partial charge in [-0.3, -0.25) is 0 Å². The van der Waals surface area contributed by atoms with Crippen LogP contribution in [0.3, 0.4) is 0 Å². The van der Waals surface area contributed by atoms with Gasteiger partial charge in [0.25, 0.3) is 0 Å². The molecule has 0 saturated carbocycles. The SMILES string of the molecule is Cc1c(-c2[nH]c3ccc(N)nc3c2C(C)C)cn2ncnc2c1C. The van der Waals surface area contributed by atoms with Gasteiger partial charge in [-0.15, -0.1) is 0 Å². The molecule has 0 fully saturated rings. The van der Waals surface area contributed by atoms with Crippen LogP contribution in [0.4, 0.5) is 5.82 Å². The zero-order chi connectivity index (χ0) is 17.0. The van der Waals surface area contributed by atoms with E-state index in [1.165, 1.54) is 11.1 Å². The molecule has 6 heteroatoms. The number of aromatic nitrogens is 5. The van der Waals surface area contributed by atoms with Crippen LogP contribution in [0, 0.1) is 13.8 Å². The number of hydrogen-bond acceptors (Lipinski definition) is 4. The molecule has 0 aromatic carbocycles. The molecule has 24 heavy (non-hydrogen) atoms. The molecule has 0 bridgehead atoms.